The molecule has 2 saturated heterocycles. The minimum Gasteiger partial charge on any atom is -0.339 e. The van der Waals surface area contributed by atoms with Crippen LogP contribution in [-0.4, -0.2) is 53.8 Å². The summed E-state index contributed by atoms with van der Waals surface area (Å²) in [5, 5.41) is 3.60. The third-order valence-corrected chi connectivity index (χ3v) is 10.5. The number of likely N-dealkylation sites (tertiary alicyclic amines) is 1. The van der Waals surface area contributed by atoms with E-state index in [-0.39, 0.29) is 17.2 Å². The molecule has 3 heterocycles. The number of rotatable bonds is 3. The lowest BCUT2D eigenvalue weighted by Crippen LogP contribution is -2.58. The number of nitrogens with one attached hydrogen (secondary N) is 1. The van der Waals surface area contributed by atoms with E-state index < -0.39 is 0 Å². The summed E-state index contributed by atoms with van der Waals surface area (Å²) in [6.45, 7) is 5.11. The van der Waals surface area contributed by atoms with E-state index in [0.717, 1.165) is 36.0 Å². The third-order valence-electron chi connectivity index (χ3n) is 10.0. The van der Waals surface area contributed by atoms with E-state index in [9.17, 15) is 9.59 Å². The Bertz CT molecular complexity index is 1180. The predicted octanol–water partition coefficient (Wildman–Crippen LogP) is 5.62. The second-order valence-electron chi connectivity index (χ2n) is 12.1. The molecule has 2 amide bonds. The Kier molecular flexibility index (Phi) is 7.38. The van der Waals surface area contributed by atoms with Crippen LogP contribution in [0.1, 0.15) is 74.5 Å². The van der Waals surface area contributed by atoms with E-state index in [1.165, 1.54) is 43.2 Å². The van der Waals surface area contributed by atoms with E-state index in [1.807, 2.05) is 4.90 Å². The summed E-state index contributed by atoms with van der Waals surface area (Å²) in [5.74, 6) is 1.33. The molecule has 3 fully saturated rings. The minimum atomic E-state index is -0.384. The van der Waals surface area contributed by atoms with E-state index in [1.54, 1.807) is 6.92 Å². The van der Waals surface area contributed by atoms with Gasteiger partial charge in [0.2, 0.25) is 11.8 Å². The summed E-state index contributed by atoms with van der Waals surface area (Å²) in [7, 11) is 0. The molecule has 1 aliphatic carbocycles. The standard InChI is InChI=1S/C32H40BrN3O2/c1-22(37)35-19-26-16-27(33)12-13-28(26)32(21-35)20-34-18-29(32)31(38)36-15-14-25(23-8-4-2-5-9-23)17-30(36)24-10-6-3-7-11-24/h2,4-5,8-9,12-13,16,24-25,29-30,34H,3,6-7,10-11,14-15,17-21H2,1H3. The van der Waals surface area contributed by atoms with Crippen molar-refractivity contribution in [2.45, 2.75) is 75.8 Å². The van der Waals surface area contributed by atoms with E-state index in [4.69, 9.17) is 0 Å². The molecule has 4 unspecified atom stereocenters. The zero-order valence-electron chi connectivity index (χ0n) is 22.5. The molecule has 6 heteroatoms. The maximum atomic E-state index is 14.7. The average molecular weight is 579 g/mol. The second kappa shape index (κ2) is 10.8. The van der Waals surface area contributed by atoms with Crippen LogP contribution >= 0.6 is 15.9 Å². The highest BCUT2D eigenvalue weighted by molar-refractivity contribution is 9.10. The highest BCUT2D eigenvalue weighted by Gasteiger charge is 2.54. The van der Waals surface area contributed by atoms with Crippen LogP contribution in [0.3, 0.4) is 0 Å². The number of carbonyl (C=O) groups is 2. The molecule has 4 aliphatic rings. The first-order chi connectivity index (χ1) is 18.5. The maximum Gasteiger partial charge on any atom is 0.228 e. The zero-order valence-corrected chi connectivity index (χ0v) is 24.1. The van der Waals surface area contributed by atoms with Gasteiger partial charge in [0.05, 0.1) is 5.92 Å². The van der Waals surface area contributed by atoms with Gasteiger partial charge in [-0.1, -0.05) is 71.6 Å². The Morgan fingerprint density at radius 1 is 1.03 bits per heavy atom. The number of benzene rings is 2. The Morgan fingerprint density at radius 2 is 1.82 bits per heavy atom. The van der Waals surface area contributed by atoms with Gasteiger partial charge < -0.3 is 15.1 Å². The van der Waals surface area contributed by atoms with Gasteiger partial charge in [0.15, 0.2) is 0 Å². The van der Waals surface area contributed by atoms with E-state index in [0.29, 0.717) is 43.4 Å². The van der Waals surface area contributed by atoms with Crippen LogP contribution in [0.5, 0.6) is 0 Å². The number of carbonyl (C=O) groups excluding carboxylic acids is 2. The van der Waals surface area contributed by atoms with Crippen LogP contribution in [0.4, 0.5) is 0 Å². The molecule has 1 spiro atoms. The summed E-state index contributed by atoms with van der Waals surface area (Å²) in [6.07, 6.45) is 8.44. The molecule has 5 nitrogen and oxygen atoms in total. The van der Waals surface area contributed by atoms with Gasteiger partial charge in [0.1, 0.15) is 0 Å². The number of fused-ring (bicyclic) bond motifs is 2. The van der Waals surface area contributed by atoms with Crippen molar-refractivity contribution >= 4 is 27.7 Å². The lowest BCUT2D eigenvalue weighted by Gasteiger charge is -2.49. The van der Waals surface area contributed by atoms with Crippen LogP contribution in [0.15, 0.2) is 53.0 Å². The number of nitrogens with zero attached hydrogens (tertiary/aromatic N) is 2. The normalized spacial score (nSPS) is 29.9. The molecule has 2 aromatic carbocycles. The van der Waals surface area contributed by atoms with Gasteiger partial charge in [-0.25, -0.2) is 0 Å². The zero-order chi connectivity index (χ0) is 26.3. The molecule has 1 N–H and O–H groups in total. The summed E-state index contributed by atoms with van der Waals surface area (Å²) >= 11 is 3.63. The van der Waals surface area contributed by atoms with Gasteiger partial charge in [-0.3, -0.25) is 9.59 Å². The van der Waals surface area contributed by atoms with Crippen molar-refractivity contribution in [3.05, 3.63) is 69.7 Å². The molecule has 38 heavy (non-hydrogen) atoms. The quantitative estimate of drug-likeness (QED) is 0.515. The molecule has 2 aromatic rings. The molecule has 0 aromatic heterocycles. The molecule has 0 bridgehead atoms. The van der Waals surface area contributed by atoms with Crippen molar-refractivity contribution in [1.29, 1.82) is 0 Å². The Balaban J connectivity index is 1.33. The number of amides is 2. The lowest BCUT2D eigenvalue weighted by atomic mass is 9.67. The van der Waals surface area contributed by atoms with Crippen molar-refractivity contribution < 1.29 is 9.59 Å². The number of halogens is 1. The number of hydrogen-bond donors (Lipinski definition) is 1. The van der Waals surface area contributed by atoms with Crippen LogP contribution in [0, 0.1) is 11.8 Å². The fourth-order valence-electron chi connectivity index (χ4n) is 8.08. The van der Waals surface area contributed by atoms with Gasteiger partial charge in [0.25, 0.3) is 0 Å². The highest BCUT2D eigenvalue weighted by atomic mass is 79.9. The van der Waals surface area contributed by atoms with Crippen molar-refractivity contribution in [1.82, 2.24) is 15.1 Å². The third kappa shape index (κ3) is 4.72. The van der Waals surface area contributed by atoms with Gasteiger partial charge in [-0.2, -0.15) is 0 Å². The fraction of sp³-hybridized carbons (Fsp3) is 0.562. The van der Waals surface area contributed by atoms with Crippen LogP contribution in [-0.2, 0) is 21.5 Å². The summed E-state index contributed by atoms with van der Waals surface area (Å²) in [4.78, 5) is 31.6. The molecule has 0 radical (unpaired) electrons. The SMILES string of the molecule is CC(=O)N1Cc2cc(Br)ccc2C2(CNCC2C(=O)N2CCC(c3ccccc3)CC2C2CCCCC2)C1. The fourth-order valence-corrected chi connectivity index (χ4v) is 8.49. The summed E-state index contributed by atoms with van der Waals surface area (Å²) in [5.41, 5.74) is 3.44. The first kappa shape index (κ1) is 26.1. The van der Waals surface area contributed by atoms with Crippen LogP contribution in [0.2, 0.25) is 0 Å². The number of piperidine rings is 1. The van der Waals surface area contributed by atoms with Gasteiger partial charge in [-0.15, -0.1) is 0 Å². The summed E-state index contributed by atoms with van der Waals surface area (Å²) in [6, 6.07) is 17.7. The first-order valence-corrected chi connectivity index (χ1v) is 15.4. The number of hydrogen-bond acceptors (Lipinski definition) is 3. The van der Waals surface area contributed by atoms with Crippen molar-refractivity contribution in [2.24, 2.45) is 11.8 Å². The monoisotopic (exact) mass is 577 g/mol. The predicted molar refractivity (Wildman–Crippen MR) is 154 cm³/mol. The van der Waals surface area contributed by atoms with Crippen molar-refractivity contribution in [2.75, 3.05) is 26.2 Å². The topological polar surface area (TPSA) is 52.7 Å². The minimum absolute atomic E-state index is 0.0804. The average Bonchev–Trinajstić information content (AvgIpc) is 3.36. The lowest BCUT2D eigenvalue weighted by molar-refractivity contribution is -0.144. The molecule has 3 aliphatic heterocycles. The Morgan fingerprint density at radius 3 is 2.58 bits per heavy atom. The Labute approximate surface area is 235 Å². The highest BCUT2D eigenvalue weighted by Crippen LogP contribution is 2.46. The molecular weight excluding hydrogens is 538 g/mol. The van der Waals surface area contributed by atoms with E-state index in [2.05, 4.69) is 74.7 Å². The van der Waals surface area contributed by atoms with Crippen molar-refractivity contribution in [3.63, 3.8) is 0 Å². The van der Waals surface area contributed by atoms with Crippen LogP contribution in [0.25, 0.3) is 0 Å². The first-order valence-electron chi connectivity index (χ1n) is 14.6. The van der Waals surface area contributed by atoms with Gasteiger partial charge in [-0.05, 0) is 66.3 Å². The smallest absolute Gasteiger partial charge is 0.228 e. The van der Waals surface area contributed by atoms with Crippen LogP contribution < -0.4 is 5.32 Å². The largest absolute Gasteiger partial charge is 0.339 e. The second-order valence-corrected chi connectivity index (χ2v) is 13.1. The molecular formula is C32H40BrN3O2. The molecule has 202 valence electrons. The Hall–Kier alpha value is -2.18. The molecule has 6 rings (SSSR count). The van der Waals surface area contributed by atoms with E-state index >= 15 is 0 Å². The summed E-state index contributed by atoms with van der Waals surface area (Å²) < 4.78 is 1.02. The van der Waals surface area contributed by atoms with Gasteiger partial charge in [0, 0.05) is 55.6 Å². The molecule has 4 atom stereocenters. The molecule has 1 saturated carbocycles. The van der Waals surface area contributed by atoms with Crippen molar-refractivity contribution in [3.8, 4) is 0 Å². The van der Waals surface area contributed by atoms with Gasteiger partial charge >= 0.3 is 0 Å². The maximum absolute atomic E-state index is 14.7.